The van der Waals surface area contributed by atoms with Gasteiger partial charge in [0.1, 0.15) is 21.0 Å². The second-order valence-electron chi connectivity index (χ2n) is 7.21. The molecule has 0 fully saturated rings. The molecule has 0 aliphatic carbocycles. The van der Waals surface area contributed by atoms with Gasteiger partial charge in [-0.1, -0.05) is 121 Å². The Morgan fingerprint density at radius 1 is 0.387 bits per heavy atom. The zero-order valence-electron chi connectivity index (χ0n) is 17.8. The Balaban J connectivity index is 1.98. The molecular formula is C24H26O3Si4. The van der Waals surface area contributed by atoms with E-state index >= 15 is 0 Å². The van der Waals surface area contributed by atoms with Gasteiger partial charge in [0, 0.05) is 0 Å². The Morgan fingerprint density at radius 2 is 0.613 bits per heavy atom. The lowest BCUT2D eigenvalue weighted by Gasteiger charge is -2.40. The topological polar surface area (TPSA) is 27.7 Å². The monoisotopic (exact) mass is 474 g/mol. The van der Waals surface area contributed by atoms with Crippen LogP contribution < -0.4 is 20.7 Å². The van der Waals surface area contributed by atoms with E-state index in [0.29, 0.717) is 21.0 Å². The van der Waals surface area contributed by atoms with Gasteiger partial charge in [-0.25, -0.2) is 0 Å². The molecule has 4 rings (SSSR count). The lowest BCUT2D eigenvalue weighted by atomic mass is 10.4. The summed E-state index contributed by atoms with van der Waals surface area (Å²) in [7, 11) is -4.94. The van der Waals surface area contributed by atoms with E-state index in [2.05, 4.69) is 97.1 Å². The van der Waals surface area contributed by atoms with Crippen LogP contribution in [0.25, 0.3) is 0 Å². The Hall–Kier alpha value is -2.37. The van der Waals surface area contributed by atoms with Crippen molar-refractivity contribution in [3.05, 3.63) is 121 Å². The molecule has 0 bridgehead atoms. The second-order valence-corrected chi connectivity index (χ2v) is 16.1. The summed E-state index contributed by atoms with van der Waals surface area (Å²) in [4.78, 5) is 0. The summed E-state index contributed by atoms with van der Waals surface area (Å²) in [6, 6.07) is 41.6. The molecule has 0 saturated carbocycles. The largest absolute Gasteiger partial charge is 0.439 e. The van der Waals surface area contributed by atoms with Crippen LogP contribution in [0.3, 0.4) is 0 Å². The summed E-state index contributed by atoms with van der Waals surface area (Å²) in [5.74, 6) is 0. The average molecular weight is 475 g/mol. The molecule has 0 atom stereocenters. The molecule has 4 aromatic rings. The van der Waals surface area contributed by atoms with Gasteiger partial charge in [-0.15, -0.1) is 0 Å². The van der Waals surface area contributed by atoms with Gasteiger partial charge >= 0.3 is 17.1 Å². The summed E-state index contributed by atoms with van der Waals surface area (Å²) in [6.45, 7) is 0. The zero-order chi connectivity index (χ0) is 21.6. The molecule has 0 aliphatic heterocycles. The lowest BCUT2D eigenvalue weighted by molar-refractivity contribution is 0.379. The molecule has 0 saturated heterocycles. The molecule has 0 unspecified atom stereocenters. The van der Waals surface area contributed by atoms with Crippen LogP contribution in [0.15, 0.2) is 121 Å². The first kappa shape index (κ1) is 21.8. The molecular weight excluding hydrogens is 449 g/mol. The van der Waals surface area contributed by atoms with E-state index in [1.807, 2.05) is 24.3 Å². The van der Waals surface area contributed by atoms with E-state index in [1.165, 1.54) is 0 Å². The average Bonchev–Trinajstić information content (AvgIpc) is 2.87. The molecule has 0 spiro atoms. The van der Waals surface area contributed by atoms with Crippen LogP contribution in [0.4, 0.5) is 0 Å². The number of rotatable bonds is 8. The number of hydrogen-bond donors (Lipinski definition) is 0. The highest BCUT2D eigenvalue weighted by Gasteiger charge is 2.52. The van der Waals surface area contributed by atoms with Crippen LogP contribution in [-0.2, 0) is 12.3 Å². The molecule has 0 radical (unpaired) electrons. The molecule has 156 valence electrons. The minimum absolute atomic E-state index is 0.551. The summed E-state index contributed by atoms with van der Waals surface area (Å²) in [6.07, 6.45) is 0. The zero-order valence-corrected chi connectivity index (χ0v) is 23.8. The third-order valence-electron chi connectivity index (χ3n) is 5.48. The van der Waals surface area contributed by atoms with Gasteiger partial charge in [-0.3, -0.25) is 0 Å². The van der Waals surface area contributed by atoms with Crippen molar-refractivity contribution >= 4 is 58.8 Å². The summed E-state index contributed by atoms with van der Waals surface area (Å²) >= 11 is 0. The van der Waals surface area contributed by atoms with Gasteiger partial charge in [0.2, 0.25) is 0 Å². The fourth-order valence-corrected chi connectivity index (χ4v) is 16.6. The van der Waals surface area contributed by atoms with E-state index in [0.717, 1.165) is 20.7 Å². The standard InChI is InChI=1S/C24H26O3Si4/c28-25-30(21-13-5-1-6-14-21,22-15-7-2-8-16-22)27-31(26-29,23-17-9-3-10-18-23)24-19-11-4-12-20-24/h1-20H,28-29H3. The smallest absolute Gasteiger partial charge is 0.387 e. The molecule has 4 aromatic carbocycles. The van der Waals surface area contributed by atoms with E-state index in [-0.39, 0.29) is 0 Å². The van der Waals surface area contributed by atoms with E-state index in [1.54, 1.807) is 0 Å². The Kier molecular flexibility index (Phi) is 6.93. The van der Waals surface area contributed by atoms with Gasteiger partial charge in [0.15, 0.2) is 0 Å². The fourth-order valence-electron chi connectivity index (χ4n) is 3.96. The molecule has 0 amide bonds. The van der Waals surface area contributed by atoms with Crippen molar-refractivity contribution in [3.63, 3.8) is 0 Å². The van der Waals surface area contributed by atoms with Gasteiger partial charge in [-0.05, 0) is 20.7 Å². The van der Waals surface area contributed by atoms with E-state index < -0.39 is 17.1 Å². The lowest BCUT2D eigenvalue weighted by Crippen LogP contribution is -2.75. The van der Waals surface area contributed by atoms with Gasteiger partial charge in [0.25, 0.3) is 0 Å². The SMILES string of the molecule is [SiH3]O[Si](O[Si](O[SiH3])(c1ccccc1)c1ccccc1)(c1ccccc1)c1ccccc1. The minimum atomic E-state index is -3.02. The van der Waals surface area contributed by atoms with Crippen LogP contribution in [0.2, 0.25) is 0 Å². The van der Waals surface area contributed by atoms with E-state index in [4.69, 9.17) is 12.3 Å². The third-order valence-corrected chi connectivity index (χ3v) is 16.8. The first-order chi connectivity index (χ1) is 15.2. The van der Waals surface area contributed by atoms with Crippen LogP contribution in [0, 0.1) is 0 Å². The quantitative estimate of drug-likeness (QED) is 0.339. The first-order valence-corrected chi connectivity index (χ1v) is 15.5. The van der Waals surface area contributed by atoms with Crippen molar-refractivity contribution in [3.8, 4) is 0 Å². The molecule has 7 heteroatoms. The van der Waals surface area contributed by atoms with Gasteiger partial charge < -0.3 is 12.3 Å². The van der Waals surface area contributed by atoms with Crippen molar-refractivity contribution in [2.24, 2.45) is 0 Å². The number of hydrogen-bond acceptors (Lipinski definition) is 3. The molecule has 0 aromatic heterocycles. The normalized spacial score (nSPS) is 12.1. The van der Waals surface area contributed by atoms with Crippen LogP contribution in [-0.4, -0.2) is 38.1 Å². The van der Waals surface area contributed by atoms with Gasteiger partial charge in [-0.2, -0.15) is 0 Å². The highest BCUT2D eigenvalue weighted by molar-refractivity contribution is 7.05. The third kappa shape index (κ3) is 4.21. The highest BCUT2D eigenvalue weighted by atomic mass is 28.5. The predicted octanol–water partition coefficient (Wildman–Crippen LogP) is 0.110. The highest BCUT2D eigenvalue weighted by Crippen LogP contribution is 2.18. The summed E-state index contributed by atoms with van der Waals surface area (Å²) < 4.78 is 20.4. The second kappa shape index (κ2) is 9.84. The summed E-state index contributed by atoms with van der Waals surface area (Å²) in [5.41, 5.74) is 0. The van der Waals surface area contributed by atoms with E-state index in [9.17, 15) is 0 Å². The molecule has 0 aliphatic rings. The van der Waals surface area contributed by atoms with Crippen molar-refractivity contribution < 1.29 is 12.3 Å². The first-order valence-electron chi connectivity index (χ1n) is 10.3. The van der Waals surface area contributed by atoms with Crippen molar-refractivity contribution in [1.29, 1.82) is 0 Å². The maximum atomic E-state index is 7.37. The fraction of sp³-hybridized carbons (Fsp3) is 0. The van der Waals surface area contributed by atoms with Crippen molar-refractivity contribution in [2.45, 2.75) is 0 Å². The molecule has 0 N–H and O–H groups in total. The predicted molar refractivity (Wildman–Crippen MR) is 139 cm³/mol. The molecule has 31 heavy (non-hydrogen) atoms. The molecule has 0 heterocycles. The maximum Gasteiger partial charge on any atom is 0.387 e. The minimum Gasteiger partial charge on any atom is -0.439 e. The summed E-state index contributed by atoms with van der Waals surface area (Å²) in [5, 5.41) is 4.38. The molecule has 3 nitrogen and oxygen atoms in total. The Bertz CT molecular complexity index is 913. The Morgan fingerprint density at radius 3 is 0.806 bits per heavy atom. The van der Waals surface area contributed by atoms with Crippen LogP contribution in [0.1, 0.15) is 0 Å². The number of benzene rings is 4. The van der Waals surface area contributed by atoms with Crippen molar-refractivity contribution in [1.82, 2.24) is 0 Å². The van der Waals surface area contributed by atoms with Crippen LogP contribution >= 0.6 is 0 Å². The van der Waals surface area contributed by atoms with Crippen LogP contribution in [0.5, 0.6) is 0 Å². The van der Waals surface area contributed by atoms with Gasteiger partial charge in [0.05, 0.1) is 0 Å². The Labute approximate surface area is 192 Å². The van der Waals surface area contributed by atoms with Crippen molar-refractivity contribution in [2.75, 3.05) is 0 Å². The maximum absolute atomic E-state index is 7.37.